The van der Waals surface area contributed by atoms with Crippen LogP contribution < -0.4 is 56.9 Å². The van der Waals surface area contributed by atoms with Crippen molar-refractivity contribution in [2.24, 2.45) is 0 Å². The second-order valence-electron chi connectivity index (χ2n) is 6.42. The molecule has 0 saturated heterocycles. The van der Waals surface area contributed by atoms with Crippen LogP contribution in [0.3, 0.4) is 0 Å². The van der Waals surface area contributed by atoms with E-state index in [0.29, 0.717) is 6.61 Å². The van der Waals surface area contributed by atoms with E-state index in [1.807, 2.05) is 48.6 Å². The van der Waals surface area contributed by atoms with Crippen LogP contribution in [0.15, 0.2) is 97.6 Å². The fourth-order valence-corrected chi connectivity index (χ4v) is 2.97. The third kappa shape index (κ3) is 8.68. The van der Waals surface area contributed by atoms with Gasteiger partial charge < -0.3 is 10.6 Å². The zero-order valence-electron chi connectivity index (χ0n) is 16.8. The molecule has 2 aromatic carbocycles. The first kappa shape index (κ1) is 25.2. The number of hydroxylamine groups is 1. The van der Waals surface area contributed by atoms with E-state index in [2.05, 4.69) is 42.9 Å². The van der Waals surface area contributed by atoms with Crippen LogP contribution >= 0.6 is 0 Å². The van der Waals surface area contributed by atoms with Crippen LogP contribution in [-0.2, 0) is 11.3 Å². The minimum absolute atomic E-state index is 0. The van der Waals surface area contributed by atoms with E-state index in [-0.39, 0.29) is 69.9 Å². The molecule has 2 rings (SSSR count). The van der Waals surface area contributed by atoms with Crippen LogP contribution in [0.25, 0.3) is 5.73 Å². The van der Waals surface area contributed by atoms with Gasteiger partial charge in [0.05, 0.1) is 6.61 Å². The first-order valence-electron chi connectivity index (χ1n) is 9.34. The van der Waals surface area contributed by atoms with Crippen molar-refractivity contribution < 1.29 is 56.2 Å². The van der Waals surface area contributed by atoms with Gasteiger partial charge in [-0.3, -0.25) is 0 Å². The molecule has 4 heteroatoms. The van der Waals surface area contributed by atoms with Gasteiger partial charge in [0, 0.05) is 12.0 Å². The third-order valence-electron chi connectivity index (χ3n) is 4.52. The summed E-state index contributed by atoms with van der Waals surface area (Å²) in [6, 6.07) is 20.6. The SMILES string of the molecule is C=C/C=C(\C=C)C(CONC(C[NH-])CCc1ccccc1)c1ccccc1.[K+]. The standard InChI is InChI=1S/C24H29N2O.K/c1-3-11-21(4-2)24(22-14-9-6-10-15-22)19-27-26-23(18-25)17-16-20-12-7-5-8-13-20;/h3-15,23-26H,1-2,16-19H2;/q-1;+1/b21-11+;. The van der Waals surface area contributed by atoms with Crippen LogP contribution in [0.4, 0.5) is 0 Å². The smallest absolute Gasteiger partial charge is 0.676 e. The molecule has 0 saturated carbocycles. The molecule has 2 N–H and O–H groups in total. The van der Waals surface area contributed by atoms with Crippen LogP contribution in [0.2, 0.25) is 0 Å². The molecule has 0 aliphatic rings. The van der Waals surface area contributed by atoms with Gasteiger partial charge in [-0.25, -0.2) is 5.48 Å². The first-order chi connectivity index (χ1) is 13.3. The molecule has 0 aromatic heterocycles. The van der Waals surface area contributed by atoms with Gasteiger partial charge in [-0.2, -0.15) is 0 Å². The molecule has 0 aliphatic heterocycles. The summed E-state index contributed by atoms with van der Waals surface area (Å²) < 4.78 is 0. The maximum atomic E-state index is 7.78. The minimum Gasteiger partial charge on any atom is -0.676 e. The summed E-state index contributed by atoms with van der Waals surface area (Å²) in [6.45, 7) is 8.47. The maximum absolute atomic E-state index is 7.78. The predicted octanol–water partition coefficient (Wildman–Crippen LogP) is 2.65. The number of hydrogen-bond donors (Lipinski definition) is 1. The number of aryl methyl sites for hydroxylation is 1. The van der Waals surface area contributed by atoms with Crippen LogP contribution in [0.1, 0.15) is 23.5 Å². The minimum atomic E-state index is -0.00260. The molecule has 0 heterocycles. The van der Waals surface area contributed by atoms with Crippen molar-refractivity contribution >= 4 is 0 Å². The van der Waals surface area contributed by atoms with Crippen molar-refractivity contribution in [1.29, 1.82) is 0 Å². The number of benzene rings is 2. The molecule has 28 heavy (non-hydrogen) atoms. The molecular formula is C24H29KN2O. The van der Waals surface area contributed by atoms with Crippen molar-refractivity contribution in [3.63, 3.8) is 0 Å². The molecule has 0 radical (unpaired) electrons. The monoisotopic (exact) mass is 400 g/mol. The molecular weight excluding hydrogens is 371 g/mol. The summed E-state index contributed by atoms with van der Waals surface area (Å²) in [6.07, 6.45) is 7.37. The van der Waals surface area contributed by atoms with Crippen molar-refractivity contribution in [2.75, 3.05) is 13.2 Å². The number of nitrogens with one attached hydrogen (secondary N) is 2. The van der Waals surface area contributed by atoms with Gasteiger partial charge in [-0.15, -0.1) is 6.54 Å². The van der Waals surface area contributed by atoms with Gasteiger partial charge in [0.2, 0.25) is 0 Å². The van der Waals surface area contributed by atoms with Gasteiger partial charge in [0.25, 0.3) is 0 Å². The van der Waals surface area contributed by atoms with Crippen molar-refractivity contribution in [2.45, 2.75) is 24.8 Å². The molecule has 2 aromatic rings. The average Bonchev–Trinajstić information content (AvgIpc) is 2.73. The van der Waals surface area contributed by atoms with E-state index in [0.717, 1.165) is 18.4 Å². The van der Waals surface area contributed by atoms with Crippen molar-refractivity contribution in [3.8, 4) is 0 Å². The van der Waals surface area contributed by atoms with Gasteiger partial charge in [0.1, 0.15) is 0 Å². The van der Waals surface area contributed by atoms with Crippen molar-refractivity contribution in [1.82, 2.24) is 5.48 Å². The van der Waals surface area contributed by atoms with E-state index in [4.69, 9.17) is 10.6 Å². The summed E-state index contributed by atoms with van der Waals surface area (Å²) in [4.78, 5) is 5.83. The Morgan fingerprint density at radius 2 is 1.68 bits per heavy atom. The summed E-state index contributed by atoms with van der Waals surface area (Å²) in [7, 11) is 0. The second-order valence-corrected chi connectivity index (χ2v) is 6.42. The zero-order chi connectivity index (χ0) is 19.3. The molecule has 142 valence electrons. The largest absolute Gasteiger partial charge is 1.00 e. The van der Waals surface area contributed by atoms with Crippen LogP contribution in [0, 0.1) is 0 Å². The Labute approximate surface area is 212 Å². The average molecular weight is 401 g/mol. The normalized spacial score (nSPS) is 13.2. The van der Waals surface area contributed by atoms with Gasteiger partial charge in [-0.05, 0) is 29.5 Å². The van der Waals surface area contributed by atoms with Crippen LogP contribution in [0.5, 0.6) is 0 Å². The molecule has 2 unspecified atom stereocenters. The molecule has 0 bridgehead atoms. The summed E-state index contributed by atoms with van der Waals surface area (Å²) in [5, 5.41) is 0. The third-order valence-corrected chi connectivity index (χ3v) is 4.52. The number of hydrogen-bond acceptors (Lipinski definition) is 2. The second kappa shape index (κ2) is 15.1. The first-order valence-corrected chi connectivity index (χ1v) is 9.34. The van der Waals surface area contributed by atoms with Gasteiger partial charge >= 0.3 is 51.4 Å². The molecule has 3 nitrogen and oxygen atoms in total. The predicted molar refractivity (Wildman–Crippen MR) is 114 cm³/mol. The molecule has 0 spiro atoms. The Morgan fingerprint density at radius 3 is 2.25 bits per heavy atom. The van der Waals surface area contributed by atoms with E-state index in [9.17, 15) is 0 Å². The van der Waals surface area contributed by atoms with Gasteiger partial charge in [0.15, 0.2) is 0 Å². The Hall–Kier alpha value is -0.824. The fraction of sp³-hybridized carbons (Fsp3) is 0.250. The zero-order valence-corrected chi connectivity index (χ0v) is 19.9. The summed E-state index contributed by atoms with van der Waals surface area (Å²) >= 11 is 0. The Kier molecular flexibility index (Phi) is 13.6. The van der Waals surface area contributed by atoms with Gasteiger partial charge in [-0.1, -0.05) is 92.0 Å². The van der Waals surface area contributed by atoms with Crippen LogP contribution in [-0.4, -0.2) is 19.2 Å². The Balaban J connectivity index is 0.00000392. The topological polar surface area (TPSA) is 45.1 Å². The van der Waals surface area contributed by atoms with Crippen molar-refractivity contribution in [3.05, 3.63) is 114 Å². The number of allylic oxidation sites excluding steroid dienone is 3. The molecule has 0 amide bonds. The molecule has 0 fully saturated rings. The maximum Gasteiger partial charge on any atom is 1.00 e. The van der Waals surface area contributed by atoms with E-state index in [1.165, 1.54) is 11.1 Å². The fourth-order valence-electron chi connectivity index (χ4n) is 2.97. The van der Waals surface area contributed by atoms with E-state index in [1.54, 1.807) is 6.08 Å². The summed E-state index contributed by atoms with van der Waals surface area (Å²) in [5.74, 6) is 0.0645. The molecule has 2 atom stereocenters. The Morgan fingerprint density at radius 1 is 1.04 bits per heavy atom. The quantitative estimate of drug-likeness (QED) is 0.338. The Bertz CT molecular complexity index is 716. The number of rotatable bonds is 12. The summed E-state index contributed by atoms with van der Waals surface area (Å²) in [5.41, 5.74) is 14.4. The molecule has 0 aliphatic carbocycles. The van der Waals surface area contributed by atoms with E-state index < -0.39 is 0 Å². The van der Waals surface area contributed by atoms with E-state index >= 15 is 0 Å².